The summed E-state index contributed by atoms with van der Waals surface area (Å²) in [6.45, 7) is 4.15. The van der Waals surface area contributed by atoms with E-state index in [-0.39, 0.29) is 11.7 Å². The van der Waals surface area contributed by atoms with Crippen LogP contribution in [0.5, 0.6) is 5.75 Å². The number of hydrogen-bond donors (Lipinski definition) is 1. The van der Waals surface area contributed by atoms with Gasteiger partial charge in [-0.05, 0) is 24.6 Å². The molecule has 1 spiro atoms. The molecule has 18 heavy (non-hydrogen) atoms. The predicted octanol–water partition coefficient (Wildman–Crippen LogP) is 2.45. The largest absolute Gasteiger partial charge is 0.485 e. The highest BCUT2D eigenvalue weighted by Crippen LogP contribution is 2.43. The van der Waals surface area contributed by atoms with Gasteiger partial charge in [0.05, 0.1) is 6.10 Å². The maximum absolute atomic E-state index is 6.31. The number of hydrogen-bond acceptors (Lipinski definition) is 3. The number of ether oxygens (including phenoxy) is 2. The van der Waals surface area contributed by atoms with E-state index >= 15 is 0 Å². The van der Waals surface area contributed by atoms with Crippen LogP contribution in [-0.4, -0.2) is 25.8 Å². The molecule has 2 heterocycles. The Bertz CT molecular complexity index is 438. The molecule has 0 radical (unpaired) electrons. The molecule has 3 rings (SSSR count). The van der Waals surface area contributed by atoms with Gasteiger partial charge >= 0.3 is 0 Å². The quantitative estimate of drug-likeness (QED) is 0.870. The molecular weight excluding hydrogens is 226 g/mol. The van der Waals surface area contributed by atoms with E-state index in [1.54, 1.807) is 7.11 Å². The second-order valence-electron chi connectivity index (χ2n) is 5.37. The van der Waals surface area contributed by atoms with Gasteiger partial charge in [0.2, 0.25) is 0 Å². The van der Waals surface area contributed by atoms with Crippen molar-refractivity contribution in [2.45, 2.75) is 37.9 Å². The van der Waals surface area contributed by atoms with Crippen LogP contribution in [0.2, 0.25) is 0 Å². The van der Waals surface area contributed by atoms with Crippen molar-refractivity contribution in [1.29, 1.82) is 0 Å². The minimum absolute atomic E-state index is 0.0555. The molecular formula is C15H21NO2. The fourth-order valence-corrected chi connectivity index (χ4v) is 3.07. The molecule has 2 unspecified atom stereocenters. The summed E-state index contributed by atoms with van der Waals surface area (Å²) in [5.41, 5.74) is 2.47. The summed E-state index contributed by atoms with van der Waals surface area (Å²) in [4.78, 5) is 0. The Morgan fingerprint density at radius 3 is 3.06 bits per heavy atom. The second kappa shape index (κ2) is 4.56. The van der Waals surface area contributed by atoms with Crippen LogP contribution in [0.25, 0.3) is 0 Å². The summed E-state index contributed by atoms with van der Waals surface area (Å²) in [7, 11) is 1.80. The molecule has 0 aliphatic carbocycles. The molecule has 1 aromatic carbocycles. The zero-order valence-corrected chi connectivity index (χ0v) is 11.2. The lowest BCUT2D eigenvalue weighted by Crippen LogP contribution is -2.43. The molecule has 0 bridgehead atoms. The third-order valence-electron chi connectivity index (χ3n) is 4.21. The fraction of sp³-hybridized carbons (Fsp3) is 0.600. The van der Waals surface area contributed by atoms with Crippen LogP contribution in [0.4, 0.5) is 0 Å². The van der Waals surface area contributed by atoms with Crippen molar-refractivity contribution in [2.75, 3.05) is 20.2 Å². The first-order valence-corrected chi connectivity index (χ1v) is 6.82. The van der Waals surface area contributed by atoms with Gasteiger partial charge in [0, 0.05) is 32.1 Å². The number of rotatable bonds is 2. The van der Waals surface area contributed by atoms with Crippen LogP contribution in [0, 0.1) is 0 Å². The van der Waals surface area contributed by atoms with Gasteiger partial charge in [-0.1, -0.05) is 19.1 Å². The minimum Gasteiger partial charge on any atom is -0.485 e. The fourth-order valence-electron chi connectivity index (χ4n) is 3.07. The molecule has 2 aliphatic heterocycles. The molecule has 1 saturated heterocycles. The van der Waals surface area contributed by atoms with E-state index in [2.05, 4.69) is 30.4 Å². The van der Waals surface area contributed by atoms with Crippen molar-refractivity contribution in [1.82, 2.24) is 5.32 Å². The van der Waals surface area contributed by atoms with Gasteiger partial charge in [-0.25, -0.2) is 0 Å². The monoisotopic (exact) mass is 247 g/mol. The molecule has 1 N–H and O–H groups in total. The van der Waals surface area contributed by atoms with E-state index in [4.69, 9.17) is 9.47 Å². The topological polar surface area (TPSA) is 30.5 Å². The van der Waals surface area contributed by atoms with Gasteiger partial charge in [-0.3, -0.25) is 0 Å². The summed E-state index contributed by atoms with van der Waals surface area (Å²) >= 11 is 0. The predicted molar refractivity (Wildman–Crippen MR) is 71.0 cm³/mol. The molecule has 3 heteroatoms. The highest BCUT2D eigenvalue weighted by Gasteiger charge is 2.43. The van der Waals surface area contributed by atoms with Crippen molar-refractivity contribution in [3.63, 3.8) is 0 Å². The summed E-state index contributed by atoms with van der Waals surface area (Å²) in [6, 6.07) is 6.53. The highest BCUT2D eigenvalue weighted by atomic mass is 16.5. The Morgan fingerprint density at radius 2 is 2.39 bits per heavy atom. The van der Waals surface area contributed by atoms with Crippen LogP contribution in [0.1, 0.15) is 37.0 Å². The zero-order chi connectivity index (χ0) is 12.6. The number of fused-ring (bicyclic) bond motifs is 1. The van der Waals surface area contributed by atoms with E-state index in [1.807, 2.05) is 0 Å². The van der Waals surface area contributed by atoms with Crippen molar-refractivity contribution in [3.8, 4) is 5.75 Å². The van der Waals surface area contributed by atoms with Crippen LogP contribution in [-0.2, 0) is 11.2 Å². The van der Waals surface area contributed by atoms with Gasteiger partial charge in [-0.2, -0.15) is 0 Å². The second-order valence-corrected chi connectivity index (χ2v) is 5.37. The van der Waals surface area contributed by atoms with E-state index in [1.165, 1.54) is 11.1 Å². The van der Waals surface area contributed by atoms with Crippen molar-refractivity contribution < 1.29 is 9.47 Å². The van der Waals surface area contributed by atoms with Crippen LogP contribution in [0.3, 0.4) is 0 Å². The Hall–Kier alpha value is -1.06. The summed E-state index contributed by atoms with van der Waals surface area (Å²) in [5, 5.41) is 3.41. The molecule has 98 valence electrons. The summed E-state index contributed by atoms with van der Waals surface area (Å²) in [6.07, 6.45) is 3.23. The van der Waals surface area contributed by atoms with E-state index in [0.29, 0.717) is 0 Å². The Balaban J connectivity index is 1.98. The Kier molecular flexibility index (Phi) is 3.04. The number of methoxy groups -OCH3 is 1. The lowest BCUT2D eigenvalue weighted by Gasteiger charge is -2.39. The number of benzene rings is 1. The normalized spacial score (nSPS) is 30.2. The van der Waals surface area contributed by atoms with Crippen LogP contribution >= 0.6 is 0 Å². The highest BCUT2D eigenvalue weighted by molar-refractivity contribution is 5.42. The van der Waals surface area contributed by atoms with Crippen LogP contribution < -0.4 is 10.1 Å². The third kappa shape index (κ3) is 1.91. The van der Waals surface area contributed by atoms with Gasteiger partial charge in [0.25, 0.3) is 0 Å². The molecule has 2 aliphatic rings. The lowest BCUT2D eigenvalue weighted by atomic mass is 9.87. The lowest BCUT2D eigenvalue weighted by molar-refractivity contribution is -0.0203. The van der Waals surface area contributed by atoms with Gasteiger partial charge in [-0.15, -0.1) is 0 Å². The molecule has 0 saturated carbocycles. The number of nitrogens with one attached hydrogen (secondary N) is 1. The Labute approximate surface area is 108 Å². The van der Waals surface area contributed by atoms with Crippen molar-refractivity contribution in [2.24, 2.45) is 0 Å². The molecule has 0 amide bonds. The van der Waals surface area contributed by atoms with E-state index < -0.39 is 0 Å². The molecule has 2 atom stereocenters. The van der Waals surface area contributed by atoms with Gasteiger partial charge in [0.15, 0.2) is 0 Å². The van der Waals surface area contributed by atoms with Gasteiger partial charge < -0.3 is 14.8 Å². The van der Waals surface area contributed by atoms with E-state index in [0.717, 1.165) is 38.1 Å². The van der Waals surface area contributed by atoms with E-state index in [9.17, 15) is 0 Å². The first-order valence-electron chi connectivity index (χ1n) is 6.82. The number of aryl methyl sites for hydroxylation is 1. The zero-order valence-electron chi connectivity index (χ0n) is 11.2. The molecule has 1 fully saturated rings. The van der Waals surface area contributed by atoms with Crippen molar-refractivity contribution in [3.05, 3.63) is 29.3 Å². The molecule has 1 aromatic rings. The summed E-state index contributed by atoms with van der Waals surface area (Å²) in [5.74, 6) is 1.02. The Morgan fingerprint density at radius 1 is 1.50 bits per heavy atom. The average Bonchev–Trinajstić information content (AvgIpc) is 2.84. The smallest absolute Gasteiger partial charge is 0.126 e. The molecule has 3 nitrogen and oxygen atoms in total. The maximum atomic E-state index is 6.31. The third-order valence-corrected chi connectivity index (χ3v) is 4.21. The van der Waals surface area contributed by atoms with Crippen molar-refractivity contribution >= 4 is 0 Å². The molecule has 0 aromatic heterocycles. The van der Waals surface area contributed by atoms with Crippen LogP contribution in [0.15, 0.2) is 18.2 Å². The first kappa shape index (κ1) is 12.0. The first-order chi connectivity index (χ1) is 8.76. The van der Waals surface area contributed by atoms with Gasteiger partial charge in [0.1, 0.15) is 11.4 Å². The SMILES string of the molecule is CCc1ccc2c(c1)OC1(CCNC1)CC2OC. The maximum Gasteiger partial charge on any atom is 0.126 e. The summed E-state index contributed by atoms with van der Waals surface area (Å²) < 4.78 is 12.0. The standard InChI is InChI=1S/C15H21NO2/c1-3-11-4-5-12-13(8-11)18-15(6-7-16-10-15)9-14(12)17-2/h4-5,8,14,16H,3,6-7,9-10H2,1-2H3. The minimum atomic E-state index is -0.0555. The average molecular weight is 247 g/mol.